The van der Waals surface area contributed by atoms with Gasteiger partial charge in [0.15, 0.2) is 0 Å². The van der Waals surface area contributed by atoms with Crippen LogP contribution in [0.2, 0.25) is 5.02 Å². The predicted octanol–water partition coefficient (Wildman–Crippen LogP) is 4.13. The molecule has 2 aromatic carbocycles. The summed E-state index contributed by atoms with van der Waals surface area (Å²) in [6.07, 6.45) is 2.83. The first-order chi connectivity index (χ1) is 11.7. The standard InChI is InChI=1S/C19H21ClN2O2/c1-24-18-9-6-15(20)13-17(18)21-19(23)12-14-4-7-16(8-5-14)22-10-2-3-11-22/h4-9,13H,2-3,10-12H2,1H3,(H,21,23). The first-order valence-corrected chi connectivity index (χ1v) is 8.51. The van der Waals surface area contributed by atoms with Gasteiger partial charge in [0.2, 0.25) is 5.91 Å². The Bertz CT molecular complexity index is 710. The quantitative estimate of drug-likeness (QED) is 0.886. The molecule has 0 unspecified atom stereocenters. The Morgan fingerprint density at radius 1 is 1.17 bits per heavy atom. The number of hydrogen-bond donors (Lipinski definition) is 1. The zero-order chi connectivity index (χ0) is 16.9. The number of methoxy groups -OCH3 is 1. The number of anilines is 2. The minimum absolute atomic E-state index is 0.0931. The number of ether oxygens (including phenoxy) is 1. The van der Waals surface area contributed by atoms with Crippen molar-refractivity contribution in [2.45, 2.75) is 19.3 Å². The number of nitrogens with zero attached hydrogens (tertiary/aromatic N) is 1. The molecule has 1 saturated heterocycles. The molecule has 0 aromatic heterocycles. The summed E-state index contributed by atoms with van der Waals surface area (Å²) in [5.74, 6) is 0.502. The molecular formula is C19H21ClN2O2. The minimum atomic E-state index is -0.0931. The van der Waals surface area contributed by atoms with Gasteiger partial charge in [0.05, 0.1) is 19.2 Å². The zero-order valence-corrected chi connectivity index (χ0v) is 14.5. The highest BCUT2D eigenvalue weighted by molar-refractivity contribution is 6.31. The highest BCUT2D eigenvalue weighted by Crippen LogP contribution is 2.28. The lowest BCUT2D eigenvalue weighted by Gasteiger charge is -2.17. The topological polar surface area (TPSA) is 41.6 Å². The monoisotopic (exact) mass is 344 g/mol. The zero-order valence-electron chi connectivity index (χ0n) is 13.7. The van der Waals surface area contributed by atoms with E-state index in [0.29, 0.717) is 22.9 Å². The molecule has 1 fully saturated rings. The van der Waals surface area contributed by atoms with Crippen LogP contribution in [0.25, 0.3) is 0 Å². The molecular weight excluding hydrogens is 324 g/mol. The molecule has 5 heteroatoms. The molecule has 2 aromatic rings. The summed E-state index contributed by atoms with van der Waals surface area (Å²) in [6, 6.07) is 13.4. The largest absolute Gasteiger partial charge is 0.495 e. The van der Waals surface area contributed by atoms with E-state index in [0.717, 1.165) is 18.7 Å². The molecule has 0 saturated carbocycles. The Morgan fingerprint density at radius 3 is 2.54 bits per heavy atom. The number of benzene rings is 2. The van der Waals surface area contributed by atoms with Gasteiger partial charge in [0.25, 0.3) is 0 Å². The molecule has 1 amide bonds. The second-order valence-corrected chi connectivity index (χ2v) is 6.37. The number of amides is 1. The van der Waals surface area contributed by atoms with Crippen LogP contribution in [0.1, 0.15) is 18.4 Å². The fraction of sp³-hybridized carbons (Fsp3) is 0.316. The molecule has 0 spiro atoms. The molecule has 126 valence electrons. The van der Waals surface area contributed by atoms with Crippen LogP contribution in [0, 0.1) is 0 Å². The van der Waals surface area contributed by atoms with Crippen LogP contribution in [0.5, 0.6) is 5.75 Å². The number of rotatable bonds is 5. The maximum Gasteiger partial charge on any atom is 0.228 e. The van der Waals surface area contributed by atoms with Gasteiger partial charge in [0, 0.05) is 23.8 Å². The first kappa shape index (κ1) is 16.7. The molecule has 1 aliphatic heterocycles. The van der Waals surface area contributed by atoms with Gasteiger partial charge in [-0.25, -0.2) is 0 Å². The number of hydrogen-bond acceptors (Lipinski definition) is 3. The van der Waals surface area contributed by atoms with Gasteiger partial charge in [-0.1, -0.05) is 23.7 Å². The van der Waals surface area contributed by atoms with Crippen molar-refractivity contribution < 1.29 is 9.53 Å². The Labute approximate surface area is 147 Å². The van der Waals surface area contributed by atoms with E-state index in [-0.39, 0.29) is 5.91 Å². The van der Waals surface area contributed by atoms with Gasteiger partial charge in [-0.05, 0) is 48.7 Å². The molecule has 0 radical (unpaired) electrons. The summed E-state index contributed by atoms with van der Waals surface area (Å²) in [5, 5.41) is 3.42. The van der Waals surface area contributed by atoms with Crippen LogP contribution in [-0.4, -0.2) is 26.1 Å². The smallest absolute Gasteiger partial charge is 0.228 e. The van der Waals surface area contributed by atoms with E-state index < -0.39 is 0 Å². The Balaban J connectivity index is 1.63. The van der Waals surface area contributed by atoms with E-state index in [9.17, 15) is 4.79 Å². The lowest BCUT2D eigenvalue weighted by molar-refractivity contribution is -0.115. The molecule has 0 atom stereocenters. The number of carbonyl (C=O) groups is 1. The summed E-state index contributed by atoms with van der Waals surface area (Å²) in [7, 11) is 1.57. The molecule has 3 rings (SSSR count). The van der Waals surface area contributed by atoms with Crippen molar-refractivity contribution in [3.8, 4) is 5.75 Å². The Hall–Kier alpha value is -2.20. The van der Waals surface area contributed by atoms with Gasteiger partial charge in [0.1, 0.15) is 5.75 Å². The second kappa shape index (κ2) is 7.58. The van der Waals surface area contributed by atoms with E-state index in [1.807, 2.05) is 12.1 Å². The van der Waals surface area contributed by atoms with Crippen LogP contribution in [-0.2, 0) is 11.2 Å². The molecule has 1 N–H and O–H groups in total. The maximum absolute atomic E-state index is 12.3. The van der Waals surface area contributed by atoms with Gasteiger partial charge in [-0.15, -0.1) is 0 Å². The lowest BCUT2D eigenvalue weighted by atomic mass is 10.1. The van der Waals surface area contributed by atoms with Gasteiger partial charge < -0.3 is 15.0 Å². The molecule has 1 heterocycles. The van der Waals surface area contributed by atoms with Gasteiger partial charge >= 0.3 is 0 Å². The van der Waals surface area contributed by atoms with E-state index in [4.69, 9.17) is 16.3 Å². The third-order valence-electron chi connectivity index (χ3n) is 4.21. The lowest BCUT2D eigenvalue weighted by Crippen LogP contribution is -2.18. The molecule has 0 aliphatic carbocycles. The highest BCUT2D eigenvalue weighted by atomic mass is 35.5. The third kappa shape index (κ3) is 4.01. The number of nitrogens with one attached hydrogen (secondary N) is 1. The average Bonchev–Trinajstić information content (AvgIpc) is 3.10. The normalized spacial score (nSPS) is 13.8. The van der Waals surface area contributed by atoms with Crippen molar-refractivity contribution >= 4 is 28.9 Å². The average molecular weight is 345 g/mol. The highest BCUT2D eigenvalue weighted by Gasteiger charge is 2.13. The van der Waals surface area contributed by atoms with Gasteiger partial charge in [-0.2, -0.15) is 0 Å². The van der Waals surface area contributed by atoms with Gasteiger partial charge in [-0.3, -0.25) is 4.79 Å². The van der Waals surface area contributed by atoms with E-state index in [1.54, 1.807) is 25.3 Å². The number of halogens is 1. The van der Waals surface area contributed by atoms with Crippen molar-refractivity contribution in [2.75, 3.05) is 30.4 Å². The maximum atomic E-state index is 12.3. The Kier molecular flexibility index (Phi) is 5.26. The number of carbonyl (C=O) groups excluding carboxylic acids is 1. The third-order valence-corrected chi connectivity index (χ3v) is 4.44. The fourth-order valence-corrected chi connectivity index (χ4v) is 3.13. The van der Waals surface area contributed by atoms with E-state index >= 15 is 0 Å². The van der Waals surface area contributed by atoms with Crippen LogP contribution in [0.4, 0.5) is 11.4 Å². The van der Waals surface area contributed by atoms with Crippen molar-refractivity contribution in [3.05, 3.63) is 53.1 Å². The van der Waals surface area contributed by atoms with Crippen LogP contribution in [0.15, 0.2) is 42.5 Å². The predicted molar refractivity (Wildman–Crippen MR) is 98.2 cm³/mol. The van der Waals surface area contributed by atoms with Crippen LogP contribution in [0.3, 0.4) is 0 Å². The molecule has 4 nitrogen and oxygen atoms in total. The Morgan fingerprint density at radius 2 is 1.88 bits per heavy atom. The van der Waals surface area contributed by atoms with Crippen molar-refractivity contribution in [1.82, 2.24) is 0 Å². The summed E-state index contributed by atoms with van der Waals surface area (Å²) in [6.45, 7) is 2.24. The summed E-state index contributed by atoms with van der Waals surface area (Å²) >= 11 is 5.99. The minimum Gasteiger partial charge on any atom is -0.495 e. The SMILES string of the molecule is COc1ccc(Cl)cc1NC(=O)Cc1ccc(N2CCCC2)cc1. The van der Waals surface area contributed by atoms with Crippen molar-refractivity contribution in [2.24, 2.45) is 0 Å². The molecule has 0 bridgehead atoms. The van der Waals surface area contributed by atoms with Crippen LogP contribution < -0.4 is 15.0 Å². The van der Waals surface area contributed by atoms with Crippen molar-refractivity contribution in [1.29, 1.82) is 0 Å². The van der Waals surface area contributed by atoms with Crippen molar-refractivity contribution in [3.63, 3.8) is 0 Å². The van der Waals surface area contributed by atoms with E-state index in [1.165, 1.54) is 18.5 Å². The van der Waals surface area contributed by atoms with E-state index in [2.05, 4.69) is 22.3 Å². The van der Waals surface area contributed by atoms with Crippen LogP contribution >= 0.6 is 11.6 Å². The second-order valence-electron chi connectivity index (χ2n) is 5.93. The summed E-state index contributed by atoms with van der Waals surface area (Å²) in [5.41, 5.74) is 2.80. The first-order valence-electron chi connectivity index (χ1n) is 8.13. The fourth-order valence-electron chi connectivity index (χ4n) is 2.96. The molecule has 24 heavy (non-hydrogen) atoms. The summed E-state index contributed by atoms with van der Waals surface area (Å²) < 4.78 is 5.25. The summed E-state index contributed by atoms with van der Waals surface area (Å²) in [4.78, 5) is 14.7. The molecule has 1 aliphatic rings.